The van der Waals surface area contributed by atoms with Gasteiger partial charge in [-0.1, -0.05) is 19.1 Å². The summed E-state index contributed by atoms with van der Waals surface area (Å²) in [5.41, 5.74) is 1.68. The summed E-state index contributed by atoms with van der Waals surface area (Å²) in [6.07, 6.45) is 5.83. The number of aryl methyl sites for hydroxylation is 2. The second kappa shape index (κ2) is 7.66. The van der Waals surface area contributed by atoms with Crippen LogP contribution < -0.4 is 4.74 Å². The molecule has 0 atom stereocenters. The van der Waals surface area contributed by atoms with Gasteiger partial charge in [0.05, 0.1) is 0 Å². The number of hydrogen-bond donors (Lipinski definition) is 0. The molecule has 0 unspecified atom stereocenters. The first kappa shape index (κ1) is 16.8. The molecule has 0 aliphatic rings. The lowest BCUT2D eigenvalue weighted by molar-refractivity contribution is 0.104. The number of nitrogens with zero attached hydrogens (tertiary/aromatic N) is 2. The van der Waals surface area contributed by atoms with Gasteiger partial charge in [0.15, 0.2) is 0 Å². The minimum atomic E-state index is -0.161. The van der Waals surface area contributed by atoms with Gasteiger partial charge in [-0.15, -0.1) is 0 Å². The molecule has 25 heavy (non-hydrogen) atoms. The van der Waals surface area contributed by atoms with Gasteiger partial charge >= 0.3 is 0 Å². The molecule has 128 valence electrons. The van der Waals surface area contributed by atoms with Crippen LogP contribution in [0.3, 0.4) is 0 Å². The Morgan fingerprint density at radius 3 is 2.68 bits per heavy atom. The Balaban J connectivity index is 1.56. The lowest BCUT2D eigenvalue weighted by atomic mass is 10.2. The molecular weight excluding hydrogens is 316 g/mol. The Hall–Kier alpha value is -3.08. The third-order valence-electron chi connectivity index (χ3n) is 3.76. The number of furan rings is 1. The molecule has 2 heterocycles. The van der Waals surface area contributed by atoms with Crippen molar-refractivity contribution in [2.75, 3.05) is 0 Å². The normalized spacial score (nSPS) is 11.1. The first-order valence-electron chi connectivity index (χ1n) is 8.16. The Kier molecular flexibility index (Phi) is 5.14. The summed E-state index contributed by atoms with van der Waals surface area (Å²) in [6.45, 7) is 2.46. The first-order chi connectivity index (χ1) is 12.1. The van der Waals surface area contributed by atoms with E-state index in [0.717, 1.165) is 12.2 Å². The number of carbonyl (C=O) groups is 1. The first-order valence-corrected chi connectivity index (χ1v) is 8.16. The van der Waals surface area contributed by atoms with Gasteiger partial charge in [0.25, 0.3) is 0 Å². The summed E-state index contributed by atoms with van der Waals surface area (Å²) in [4.78, 5) is 12.0. The minimum Gasteiger partial charge on any atom is -0.486 e. The van der Waals surface area contributed by atoms with Gasteiger partial charge in [-0.3, -0.25) is 9.48 Å². The van der Waals surface area contributed by atoms with Crippen LogP contribution in [0.25, 0.3) is 6.08 Å². The fourth-order valence-corrected chi connectivity index (χ4v) is 2.33. The van der Waals surface area contributed by atoms with Crippen molar-refractivity contribution in [3.8, 4) is 5.75 Å². The van der Waals surface area contributed by atoms with E-state index in [1.165, 1.54) is 11.6 Å². The van der Waals surface area contributed by atoms with Crippen molar-refractivity contribution in [1.82, 2.24) is 9.78 Å². The average molecular weight is 336 g/mol. The molecule has 0 N–H and O–H groups in total. The highest BCUT2D eigenvalue weighted by molar-refractivity contribution is 6.05. The van der Waals surface area contributed by atoms with Crippen LogP contribution in [-0.4, -0.2) is 15.6 Å². The predicted octanol–water partition coefficient (Wildman–Crippen LogP) is 4.05. The standard InChI is InChI=1S/C20H20N2O3/c1-3-15-4-6-16(7-5-15)24-14-18-9-8-17(25-18)10-11-20(23)19-12-13-22(2)21-19/h4-13H,3,14H2,1-2H3/b11-10+. The number of ether oxygens (including phenoxy) is 1. The summed E-state index contributed by atoms with van der Waals surface area (Å²) in [5.74, 6) is 1.94. The molecule has 0 radical (unpaired) electrons. The van der Waals surface area contributed by atoms with E-state index in [0.29, 0.717) is 23.8 Å². The summed E-state index contributed by atoms with van der Waals surface area (Å²) in [5, 5.41) is 4.07. The van der Waals surface area contributed by atoms with E-state index in [2.05, 4.69) is 24.2 Å². The Bertz CT molecular complexity index is 872. The highest BCUT2D eigenvalue weighted by Gasteiger charge is 2.06. The average Bonchev–Trinajstić information content (AvgIpc) is 3.27. The van der Waals surface area contributed by atoms with E-state index in [4.69, 9.17) is 9.15 Å². The number of allylic oxidation sites excluding steroid dienone is 1. The summed E-state index contributed by atoms with van der Waals surface area (Å²) >= 11 is 0. The monoisotopic (exact) mass is 336 g/mol. The van der Waals surface area contributed by atoms with Crippen LogP contribution in [0, 0.1) is 0 Å². The molecule has 0 saturated heterocycles. The molecule has 3 aromatic rings. The lowest BCUT2D eigenvalue weighted by Gasteiger charge is -2.04. The van der Waals surface area contributed by atoms with Gasteiger partial charge < -0.3 is 9.15 Å². The molecule has 0 bridgehead atoms. The topological polar surface area (TPSA) is 57.3 Å². The van der Waals surface area contributed by atoms with Crippen molar-refractivity contribution >= 4 is 11.9 Å². The minimum absolute atomic E-state index is 0.161. The number of rotatable bonds is 7. The molecule has 0 aliphatic carbocycles. The zero-order valence-corrected chi connectivity index (χ0v) is 14.3. The van der Waals surface area contributed by atoms with Crippen molar-refractivity contribution < 1.29 is 13.9 Å². The van der Waals surface area contributed by atoms with Gasteiger partial charge in [0.1, 0.15) is 29.6 Å². The molecule has 0 fully saturated rings. The molecule has 3 rings (SSSR count). The number of carbonyl (C=O) groups excluding carboxylic acids is 1. The zero-order valence-electron chi connectivity index (χ0n) is 14.3. The maximum absolute atomic E-state index is 12.0. The highest BCUT2D eigenvalue weighted by atomic mass is 16.5. The smallest absolute Gasteiger partial charge is 0.206 e. The van der Waals surface area contributed by atoms with Crippen LogP contribution in [0.4, 0.5) is 0 Å². The molecule has 0 amide bonds. The fourth-order valence-electron chi connectivity index (χ4n) is 2.33. The fraction of sp³-hybridized carbons (Fsp3) is 0.200. The third-order valence-corrected chi connectivity index (χ3v) is 3.76. The van der Waals surface area contributed by atoms with Crippen molar-refractivity contribution in [3.05, 3.63) is 77.5 Å². The second-order valence-electron chi connectivity index (χ2n) is 5.66. The molecule has 0 saturated carbocycles. The van der Waals surface area contributed by atoms with E-state index in [-0.39, 0.29) is 5.78 Å². The van der Waals surface area contributed by atoms with Crippen molar-refractivity contribution in [3.63, 3.8) is 0 Å². The van der Waals surface area contributed by atoms with E-state index in [1.807, 2.05) is 18.2 Å². The quantitative estimate of drug-likeness (QED) is 0.482. The summed E-state index contributed by atoms with van der Waals surface area (Å²) < 4.78 is 13.0. The number of aromatic nitrogens is 2. The second-order valence-corrected chi connectivity index (χ2v) is 5.66. The number of benzene rings is 1. The molecular formula is C20H20N2O3. The Morgan fingerprint density at radius 2 is 2.00 bits per heavy atom. The van der Waals surface area contributed by atoms with E-state index < -0.39 is 0 Å². The zero-order chi connectivity index (χ0) is 17.6. The predicted molar refractivity (Wildman–Crippen MR) is 95.4 cm³/mol. The van der Waals surface area contributed by atoms with Crippen LogP contribution in [0.2, 0.25) is 0 Å². The lowest BCUT2D eigenvalue weighted by Crippen LogP contribution is -1.97. The van der Waals surface area contributed by atoms with Gasteiger partial charge in [-0.05, 0) is 54.5 Å². The van der Waals surface area contributed by atoms with Gasteiger partial charge in [0, 0.05) is 13.2 Å². The number of ketones is 1. The maximum atomic E-state index is 12.0. The van der Waals surface area contributed by atoms with Crippen LogP contribution in [0.5, 0.6) is 5.75 Å². The molecule has 5 nitrogen and oxygen atoms in total. The summed E-state index contributed by atoms with van der Waals surface area (Å²) in [6, 6.07) is 13.3. The molecule has 0 spiro atoms. The van der Waals surface area contributed by atoms with Crippen molar-refractivity contribution in [2.24, 2.45) is 7.05 Å². The Morgan fingerprint density at radius 1 is 1.20 bits per heavy atom. The van der Waals surface area contributed by atoms with Crippen molar-refractivity contribution in [1.29, 1.82) is 0 Å². The van der Waals surface area contributed by atoms with Crippen LogP contribution in [0.1, 0.15) is 34.5 Å². The van der Waals surface area contributed by atoms with Crippen LogP contribution in [0.15, 0.2) is 59.2 Å². The van der Waals surface area contributed by atoms with Gasteiger partial charge in [0.2, 0.25) is 5.78 Å². The third kappa shape index (κ3) is 4.47. The van der Waals surface area contributed by atoms with E-state index in [1.54, 1.807) is 36.1 Å². The van der Waals surface area contributed by atoms with Gasteiger partial charge in [-0.2, -0.15) is 5.10 Å². The molecule has 0 aliphatic heterocycles. The van der Waals surface area contributed by atoms with Crippen LogP contribution >= 0.6 is 0 Å². The SMILES string of the molecule is CCc1ccc(OCc2ccc(/C=C/C(=O)c3ccn(C)n3)o2)cc1. The number of hydrogen-bond acceptors (Lipinski definition) is 4. The van der Waals surface area contributed by atoms with E-state index >= 15 is 0 Å². The maximum Gasteiger partial charge on any atom is 0.206 e. The van der Waals surface area contributed by atoms with E-state index in [9.17, 15) is 4.79 Å². The Labute approximate surface area is 146 Å². The molecule has 1 aromatic carbocycles. The highest BCUT2D eigenvalue weighted by Crippen LogP contribution is 2.16. The van der Waals surface area contributed by atoms with Crippen molar-refractivity contribution in [2.45, 2.75) is 20.0 Å². The largest absolute Gasteiger partial charge is 0.486 e. The molecule has 2 aromatic heterocycles. The summed E-state index contributed by atoms with van der Waals surface area (Å²) in [7, 11) is 1.77. The molecule has 5 heteroatoms. The van der Waals surface area contributed by atoms with Crippen LogP contribution in [-0.2, 0) is 20.1 Å². The van der Waals surface area contributed by atoms with Gasteiger partial charge in [-0.25, -0.2) is 0 Å².